The van der Waals surface area contributed by atoms with Gasteiger partial charge in [-0.05, 0) is 23.3 Å². The maximum atomic E-state index is 12.9. The van der Waals surface area contributed by atoms with Gasteiger partial charge in [-0.3, -0.25) is 9.59 Å². The third-order valence-corrected chi connectivity index (χ3v) is 4.32. The Morgan fingerprint density at radius 1 is 0.633 bits per heavy atom. The van der Waals surface area contributed by atoms with E-state index in [1.54, 1.807) is 18.2 Å². The Balaban J connectivity index is 1.88. The third-order valence-electron chi connectivity index (χ3n) is 4.32. The predicted octanol–water partition coefficient (Wildman–Crippen LogP) is 4.14. The molecule has 2 aromatic heterocycles. The van der Waals surface area contributed by atoms with Gasteiger partial charge in [0, 0.05) is 24.5 Å². The first-order valence-electron chi connectivity index (χ1n) is 8.57. The molecule has 0 aliphatic heterocycles. The van der Waals surface area contributed by atoms with Crippen LogP contribution >= 0.6 is 0 Å². The van der Waals surface area contributed by atoms with Gasteiger partial charge >= 0.3 is 12.4 Å². The van der Waals surface area contributed by atoms with Crippen LogP contribution in [-0.2, 0) is 25.4 Å². The quantitative estimate of drug-likeness (QED) is 0.587. The number of halogens is 6. The number of hydrogen-bond donors (Lipinski definition) is 0. The molecule has 0 bridgehead atoms. The minimum Gasteiger partial charge on any atom is -0.311 e. The maximum absolute atomic E-state index is 12.9. The molecule has 0 amide bonds. The highest BCUT2D eigenvalue weighted by Gasteiger charge is 2.31. The summed E-state index contributed by atoms with van der Waals surface area (Å²) in [6.07, 6.45) is -7.82. The van der Waals surface area contributed by atoms with Gasteiger partial charge in [0.05, 0.1) is 24.2 Å². The van der Waals surface area contributed by atoms with Crippen LogP contribution in [0.2, 0.25) is 0 Å². The Hall–Kier alpha value is -3.30. The van der Waals surface area contributed by atoms with Crippen molar-refractivity contribution in [3.8, 4) is 0 Å². The number of rotatable bonds is 4. The van der Waals surface area contributed by atoms with E-state index in [1.165, 1.54) is 6.07 Å². The van der Waals surface area contributed by atoms with Crippen molar-refractivity contribution in [3.63, 3.8) is 0 Å². The molecule has 0 radical (unpaired) electrons. The highest BCUT2D eigenvalue weighted by Crippen LogP contribution is 2.29. The summed E-state index contributed by atoms with van der Waals surface area (Å²) in [7, 11) is 0. The average molecular weight is 428 g/mol. The second kappa shape index (κ2) is 7.85. The zero-order valence-electron chi connectivity index (χ0n) is 15.2. The molecule has 0 fully saturated rings. The molecule has 3 aromatic rings. The fourth-order valence-electron chi connectivity index (χ4n) is 2.86. The van der Waals surface area contributed by atoms with Gasteiger partial charge in [0.15, 0.2) is 0 Å². The smallest absolute Gasteiger partial charge is 0.311 e. The van der Waals surface area contributed by atoms with Crippen molar-refractivity contribution < 1.29 is 26.3 Å². The van der Waals surface area contributed by atoms with Crippen LogP contribution in [0.5, 0.6) is 0 Å². The van der Waals surface area contributed by atoms with Gasteiger partial charge in [0.25, 0.3) is 11.1 Å². The number of aromatic nitrogens is 2. The summed E-state index contributed by atoms with van der Waals surface area (Å²) in [5.41, 5.74) is -2.32. The normalized spacial score (nSPS) is 12.2. The Morgan fingerprint density at radius 2 is 1.03 bits per heavy atom. The van der Waals surface area contributed by atoms with E-state index in [4.69, 9.17) is 0 Å². The molecule has 10 heteroatoms. The van der Waals surface area contributed by atoms with Gasteiger partial charge < -0.3 is 9.13 Å². The fourth-order valence-corrected chi connectivity index (χ4v) is 2.86. The van der Waals surface area contributed by atoms with Crippen LogP contribution in [0.3, 0.4) is 0 Å². The molecule has 0 unspecified atom stereocenters. The summed E-state index contributed by atoms with van der Waals surface area (Å²) >= 11 is 0. The monoisotopic (exact) mass is 428 g/mol. The summed E-state index contributed by atoms with van der Waals surface area (Å²) in [5.74, 6) is 0. The minimum absolute atomic E-state index is 0.173. The molecule has 4 nitrogen and oxygen atoms in total. The van der Waals surface area contributed by atoms with Crippen molar-refractivity contribution in [1.82, 2.24) is 9.13 Å². The van der Waals surface area contributed by atoms with Crippen LogP contribution < -0.4 is 11.1 Å². The SMILES string of the molecule is O=c1ccc(C(F)(F)F)cn1Cc1cccc(Cn2cc(C(F)(F)F)ccc2=O)c1. The van der Waals surface area contributed by atoms with Crippen molar-refractivity contribution in [3.05, 3.63) is 104 Å². The van der Waals surface area contributed by atoms with Gasteiger partial charge in [0.2, 0.25) is 0 Å². The lowest BCUT2D eigenvalue weighted by atomic mass is 10.1. The lowest BCUT2D eigenvalue weighted by molar-refractivity contribution is -0.138. The van der Waals surface area contributed by atoms with Crippen LogP contribution in [0.25, 0.3) is 0 Å². The minimum atomic E-state index is -4.61. The molecular formula is C20H14F6N2O2. The van der Waals surface area contributed by atoms with Gasteiger partial charge in [-0.2, -0.15) is 26.3 Å². The van der Waals surface area contributed by atoms with Crippen LogP contribution in [0.4, 0.5) is 26.3 Å². The van der Waals surface area contributed by atoms with Crippen LogP contribution in [-0.4, -0.2) is 9.13 Å². The molecule has 0 aliphatic carbocycles. The predicted molar refractivity (Wildman–Crippen MR) is 96.1 cm³/mol. The van der Waals surface area contributed by atoms with Crippen molar-refractivity contribution in [2.24, 2.45) is 0 Å². The largest absolute Gasteiger partial charge is 0.417 e. The Morgan fingerprint density at radius 3 is 1.40 bits per heavy atom. The van der Waals surface area contributed by atoms with Gasteiger partial charge in [-0.15, -0.1) is 0 Å². The van der Waals surface area contributed by atoms with E-state index in [-0.39, 0.29) is 13.1 Å². The Labute approximate surface area is 165 Å². The molecule has 2 heterocycles. The maximum Gasteiger partial charge on any atom is 0.417 e. The summed E-state index contributed by atoms with van der Waals surface area (Å²) in [6, 6.07) is 9.19. The third kappa shape index (κ3) is 5.00. The van der Waals surface area contributed by atoms with E-state index in [1.807, 2.05) is 0 Å². The van der Waals surface area contributed by atoms with E-state index in [2.05, 4.69) is 0 Å². The molecule has 0 N–H and O–H groups in total. The molecule has 158 valence electrons. The molecule has 30 heavy (non-hydrogen) atoms. The topological polar surface area (TPSA) is 44.0 Å². The molecule has 3 rings (SSSR count). The lowest BCUT2D eigenvalue weighted by Gasteiger charge is -2.13. The molecule has 0 saturated heterocycles. The van der Waals surface area contributed by atoms with Gasteiger partial charge in [-0.25, -0.2) is 0 Å². The van der Waals surface area contributed by atoms with Crippen LogP contribution in [0.15, 0.2) is 70.5 Å². The molecular weight excluding hydrogens is 414 g/mol. The van der Waals surface area contributed by atoms with E-state index >= 15 is 0 Å². The number of hydrogen-bond acceptors (Lipinski definition) is 2. The zero-order chi connectivity index (χ0) is 22.1. The molecule has 0 saturated carbocycles. The standard InChI is InChI=1S/C20H14F6N2O2/c21-19(22,23)15-4-6-17(29)27(11-15)9-13-2-1-3-14(8-13)10-28-12-16(20(24,25)26)5-7-18(28)30/h1-8,11-12H,9-10H2. The fraction of sp³-hybridized carbons (Fsp3) is 0.200. The summed E-state index contributed by atoms with van der Waals surface area (Å²) < 4.78 is 79.0. The summed E-state index contributed by atoms with van der Waals surface area (Å²) in [5, 5.41) is 0. The van der Waals surface area contributed by atoms with Crippen LogP contribution in [0, 0.1) is 0 Å². The summed E-state index contributed by atoms with van der Waals surface area (Å²) in [4.78, 5) is 23.8. The first-order chi connectivity index (χ1) is 13.9. The van der Waals surface area contributed by atoms with Gasteiger partial charge in [0.1, 0.15) is 0 Å². The number of alkyl halides is 6. The number of benzene rings is 1. The van der Waals surface area contributed by atoms with Crippen molar-refractivity contribution in [2.75, 3.05) is 0 Å². The second-order valence-electron chi connectivity index (χ2n) is 6.58. The van der Waals surface area contributed by atoms with Gasteiger partial charge in [-0.1, -0.05) is 24.3 Å². The first-order valence-corrected chi connectivity index (χ1v) is 8.57. The number of nitrogens with zero attached hydrogens (tertiary/aromatic N) is 2. The average Bonchev–Trinajstić information content (AvgIpc) is 2.64. The van der Waals surface area contributed by atoms with E-state index in [0.29, 0.717) is 35.7 Å². The van der Waals surface area contributed by atoms with E-state index in [0.717, 1.165) is 21.3 Å². The van der Waals surface area contributed by atoms with E-state index < -0.39 is 34.6 Å². The number of pyridine rings is 2. The molecule has 0 aliphatic rings. The molecule has 0 atom stereocenters. The highest BCUT2D eigenvalue weighted by atomic mass is 19.4. The van der Waals surface area contributed by atoms with Crippen LogP contribution in [0.1, 0.15) is 22.3 Å². The van der Waals surface area contributed by atoms with E-state index in [9.17, 15) is 35.9 Å². The highest BCUT2D eigenvalue weighted by molar-refractivity contribution is 5.25. The summed E-state index contributed by atoms with van der Waals surface area (Å²) in [6.45, 7) is -0.345. The Kier molecular flexibility index (Phi) is 5.60. The van der Waals surface area contributed by atoms with Crippen molar-refractivity contribution >= 4 is 0 Å². The first kappa shape index (κ1) is 21.4. The van der Waals surface area contributed by atoms with Crippen molar-refractivity contribution in [1.29, 1.82) is 0 Å². The molecule has 1 aromatic carbocycles. The van der Waals surface area contributed by atoms with Crippen molar-refractivity contribution in [2.45, 2.75) is 25.4 Å². The zero-order valence-corrected chi connectivity index (χ0v) is 15.2. The molecule has 0 spiro atoms. The Bertz CT molecular complexity index is 1090. The lowest BCUT2D eigenvalue weighted by Crippen LogP contribution is -2.23. The second-order valence-corrected chi connectivity index (χ2v) is 6.58.